The maximum Gasteiger partial charge on any atom is 0.198 e. The number of aromatic nitrogens is 2. The summed E-state index contributed by atoms with van der Waals surface area (Å²) in [4.78, 5) is 0. The van der Waals surface area contributed by atoms with Gasteiger partial charge in [-0.3, -0.25) is 0 Å². The van der Waals surface area contributed by atoms with Crippen molar-refractivity contribution in [3.8, 4) is 6.07 Å². The highest BCUT2D eigenvalue weighted by molar-refractivity contribution is 7.80. The number of rotatable bonds is 1. The lowest BCUT2D eigenvalue weighted by Crippen LogP contribution is -2.19. The van der Waals surface area contributed by atoms with Crippen LogP contribution in [-0.4, -0.2) is 14.9 Å². The predicted octanol–water partition coefficient (Wildman–Crippen LogP) is 2.00. The van der Waals surface area contributed by atoms with Crippen molar-refractivity contribution < 1.29 is 0 Å². The Labute approximate surface area is 98.1 Å². The number of benzene rings is 1. The number of nitrogens with one attached hydrogen (secondary N) is 1. The topological polar surface area (TPSA) is 53.6 Å². The minimum absolute atomic E-state index is 0.495. The van der Waals surface area contributed by atoms with Gasteiger partial charge in [0.05, 0.1) is 11.6 Å². The van der Waals surface area contributed by atoms with E-state index in [-0.39, 0.29) is 0 Å². The number of thiocarbonyl (C=S) groups is 1. The number of hydrogen-bond donors (Lipinski definition) is 1. The summed E-state index contributed by atoms with van der Waals surface area (Å²) < 4.78 is 1.56. The van der Waals surface area contributed by atoms with Gasteiger partial charge in [-0.2, -0.15) is 10.4 Å². The summed E-state index contributed by atoms with van der Waals surface area (Å²) >= 11 is 5.14. The molecule has 1 heterocycles. The van der Waals surface area contributed by atoms with E-state index in [1.54, 1.807) is 47.4 Å². The van der Waals surface area contributed by atoms with Crippen LogP contribution in [0.5, 0.6) is 0 Å². The predicted molar refractivity (Wildman–Crippen MR) is 65.0 cm³/mol. The largest absolute Gasteiger partial charge is 0.331 e. The van der Waals surface area contributed by atoms with Gasteiger partial charge >= 0.3 is 0 Å². The van der Waals surface area contributed by atoms with Crippen LogP contribution in [0.15, 0.2) is 42.7 Å². The molecule has 78 valence electrons. The molecule has 0 saturated carbocycles. The molecule has 5 heteroatoms. The Morgan fingerprint density at radius 2 is 2.12 bits per heavy atom. The molecule has 0 aliphatic carbocycles. The highest BCUT2D eigenvalue weighted by Gasteiger charge is 2.00. The van der Waals surface area contributed by atoms with E-state index < -0.39 is 0 Å². The monoisotopic (exact) mass is 228 g/mol. The van der Waals surface area contributed by atoms with Gasteiger partial charge in [-0.25, -0.2) is 4.68 Å². The van der Waals surface area contributed by atoms with E-state index in [0.29, 0.717) is 10.7 Å². The van der Waals surface area contributed by atoms with E-state index in [0.717, 1.165) is 5.69 Å². The molecule has 0 spiro atoms. The summed E-state index contributed by atoms with van der Waals surface area (Å²) in [5.41, 5.74) is 1.45. The molecular formula is C11H8N4S. The van der Waals surface area contributed by atoms with E-state index in [4.69, 9.17) is 17.5 Å². The number of hydrogen-bond acceptors (Lipinski definition) is 3. The van der Waals surface area contributed by atoms with Gasteiger partial charge < -0.3 is 5.32 Å². The van der Waals surface area contributed by atoms with E-state index in [2.05, 4.69) is 16.5 Å². The molecule has 1 N–H and O–H groups in total. The first-order valence-electron chi connectivity index (χ1n) is 4.61. The van der Waals surface area contributed by atoms with Gasteiger partial charge in [0.1, 0.15) is 0 Å². The van der Waals surface area contributed by atoms with Crippen molar-refractivity contribution in [2.24, 2.45) is 0 Å². The Morgan fingerprint density at radius 3 is 2.69 bits per heavy atom. The second-order valence-corrected chi connectivity index (χ2v) is 3.46. The molecule has 1 aromatic carbocycles. The fourth-order valence-electron chi connectivity index (χ4n) is 1.20. The standard InChI is InChI=1S/C11H8N4S/c12-8-9-2-4-10(5-3-9)14-11(16)15-7-1-6-13-15/h1-7H,(H,14,16). The molecule has 2 rings (SSSR count). The number of anilines is 1. The average Bonchev–Trinajstić information content (AvgIpc) is 2.83. The van der Waals surface area contributed by atoms with E-state index >= 15 is 0 Å². The van der Waals surface area contributed by atoms with Gasteiger partial charge in [-0.05, 0) is 42.5 Å². The lowest BCUT2D eigenvalue weighted by atomic mass is 10.2. The van der Waals surface area contributed by atoms with Crippen LogP contribution in [0.2, 0.25) is 0 Å². The maximum atomic E-state index is 8.65. The Hall–Kier alpha value is -2.19. The van der Waals surface area contributed by atoms with E-state index in [1.807, 2.05) is 0 Å². The molecule has 0 amide bonds. The zero-order chi connectivity index (χ0) is 11.4. The van der Waals surface area contributed by atoms with Crippen molar-refractivity contribution in [3.63, 3.8) is 0 Å². The molecule has 1 aromatic heterocycles. The summed E-state index contributed by atoms with van der Waals surface area (Å²) in [6.45, 7) is 0. The molecule has 0 atom stereocenters. The molecule has 0 aliphatic heterocycles. The van der Waals surface area contributed by atoms with Crippen molar-refractivity contribution >= 4 is 23.0 Å². The van der Waals surface area contributed by atoms with Crippen LogP contribution < -0.4 is 5.32 Å². The van der Waals surface area contributed by atoms with Crippen molar-refractivity contribution in [2.75, 3.05) is 5.32 Å². The minimum atomic E-state index is 0.495. The summed E-state index contributed by atoms with van der Waals surface area (Å²) in [5.74, 6) is 0. The van der Waals surface area contributed by atoms with Gasteiger partial charge in [0.2, 0.25) is 0 Å². The fraction of sp³-hybridized carbons (Fsp3) is 0. The molecule has 16 heavy (non-hydrogen) atoms. The van der Waals surface area contributed by atoms with Crippen LogP contribution in [0.4, 0.5) is 5.69 Å². The SMILES string of the molecule is N#Cc1ccc(NC(=S)n2cccn2)cc1. The molecule has 0 saturated heterocycles. The molecule has 0 bridgehead atoms. The molecule has 2 aromatic rings. The number of nitriles is 1. The van der Waals surface area contributed by atoms with E-state index in [1.165, 1.54) is 0 Å². The van der Waals surface area contributed by atoms with Crippen LogP contribution in [0.3, 0.4) is 0 Å². The molecule has 0 radical (unpaired) electrons. The normalized spacial score (nSPS) is 9.44. The second kappa shape index (κ2) is 4.55. The van der Waals surface area contributed by atoms with Crippen molar-refractivity contribution in [1.82, 2.24) is 9.78 Å². The third kappa shape index (κ3) is 2.24. The first-order valence-corrected chi connectivity index (χ1v) is 5.01. The van der Waals surface area contributed by atoms with Crippen LogP contribution in [0.25, 0.3) is 0 Å². The Balaban J connectivity index is 2.10. The van der Waals surface area contributed by atoms with Gasteiger partial charge in [0.25, 0.3) is 0 Å². The van der Waals surface area contributed by atoms with Crippen molar-refractivity contribution in [2.45, 2.75) is 0 Å². The highest BCUT2D eigenvalue weighted by Crippen LogP contribution is 2.09. The zero-order valence-corrected chi connectivity index (χ0v) is 9.11. The van der Waals surface area contributed by atoms with E-state index in [9.17, 15) is 0 Å². The molecule has 0 unspecified atom stereocenters. The minimum Gasteiger partial charge on any atom is -0.331 e. The van der Waals surface area contributed by atoms with Gasteiger partial charge in [0.15, 0.2) is 5.11 Å². The summed E-state index contributed by atoms with van der Waals surface area (Å²) in [6.07, 6.45) is 3.42. The lowest BCUT2D eigenvalue weighted by molar-refractivity contribution is 0.947. The Morgan fingerprint density at radius 1 is 1.38 bits per heavy atom. The first-order chi connectivity index (χ1) is 7.79. The average molecular weight is 228 g/mol. The van der Waals surface area contributed by atoms with Gasteiger partial charge in [-0.1, -0.05) is 0 Å². The van der Waals surface area contributed by atoms with Crippen LogP contribution in [0.1, 0.15) is 5.56 Å². The summed E-state index contributed by atoms with van der Waals surface area (Å²) in [5, 5.41) is 16.2. The quantitative estimate of drug-likeness (QED) is 0.758. The zero-order valence-electron chi connectivity index (χ0n) is 8.29. The van der Waals surface area contributed by atoms with Crippen LogP contribution >= 0.6 is 12.2 Å². The van der Waals surface area contributed by atoms with Crippen LogP contribution in [-0.2, 0) is 0 Å². The number of nitrogens with zero attached hydrogens (tertiary/aromatic N) is 3. The second-order valence-electron chi connectivity index (χ2n) is 3.07. The Bertz CT molecular complexity index is 522. The van der Waals surface area contributed by atoms with Crippen LogP contribution in [0, 0.1) is 11.3 Å². The molecule has 4 nitrogen and oxygen atoms in total. The fourth-order valence-corrected chi connectivity index (χ4v) is 1.42. The van der Waals surface area contributed by atoms with Gasteiger partial charge in [-0.15, -0.1) is 0 Å². The smallest absolute Gasteiger partial charge is 0.198 e. The third-order valence-electron chi connectivity index (χ3n) is 1.98. The molecular weight excluding hydrogens is 220 g/mol. The third-order valence-corrected chi connectivity index (χ3v) is 2.27. The van der Waals surface area contributed by atoms with Crippen molar-refractivity contribution in [3.05, 3.63) is 48.3 Å². The highest BCUT2D eigenvalue weighted by atomic mass is 32.1. The summed E-state index contributed by atoms with van der Waals surface area (Å²) in [7, 11) is 0. The summed E-state index contributed by atoms with van der Waals surface area (Å²) in [6, 6.07) is 10.9. The lowest BCUT2D eigenvalue weighted by Gasteiger charge is -2.07. The Kier molecular flexibility index (Phi) is 2.94. The van der Waals surface area contributed by atoms with Crippen molar-refractivity contribution in [1.29, 1.82) is 5.26 Å². The van der Waals surface area contributed by atoms with Gasteiger partial charge in [0, 0.05) is 18.1 Å². The molecule has 0 fully saturated rings. The molecule has 0 aliphatic rings. The maximum absolute atomic E-state index is 8.65. The first kappa shape index (κ1) is 10.3.